The molecule has 1 amide bonds. The molecule has 0 bridgehead atoms. The third kappa shape index (κ3) is 2.52. The summed E-state index contributed by atoms with van der Waals surface area (Å²) in [5.41, 5.74) is 7.95. The largest absolute Gasteiger partial charge is 0.332 e. The van der Waals surface area contributed by atoms with Crippen LogP contribution in [0.5, 0.6) is 0 Å². The number of amides is 1. The van der Waals surface area contributed by atoms with E-state index in [1.54, 1.807) is 12.1 Å². The van der Waals surface area contributed by atoms with E-state index in [1.807, 2.05) is 18.2 Å². The number of benzene rings is 2. The molecule has 0 saturated heterocycles. The fraction of sp³-hybridized carbons (Fsp3) is 0.188. The van der Waals surface area contributed by atoms with Crippen LogP contribution in [0, 0.1) is 11.6 Å². The third-order valence-corrected chi connectivity index (χ3v) is 3.70. The smallest absolute Gasteiger partial charge is 0.244 e. The molecule has 3 rings (SSSR count). The highest BCUT2D eigenvalue weighted by molar-refractivity contribution is 5.83. The van der Waals surface area contributed by atoms with Crippen LogP contribution >= 0.6 is 0 Å². The van der Waals surface area contributed by atoms with Crippen LogP contribution in [0.4, 0.5) is 8.78 Å². The molecule has 2 aromatic rings. The van der Waals surface area contributed by atoms with Crippen molar-refractivity contribution >= 4 is 5.91 Å². The molecule has 1 heterocycles. The normalized spacial score (nSPS) is 14.9. The third-order valence-electron chi connectivity index (χ3n) is 3.70. The van der Waals surface area contributed by atoms with Gasteiger partial charge >= 0.3 is 0 Å². The summed E-state index contributed by atoms with van der Waals surface area (Å²) >= 11 is 0. The lowest BCUT2D eigenvalue weighted by Gasteiger charge is -2.20. The molecular weight excluding hydrogens is 274 g/mol. The number of fused-ring (bicyclic) bond motifs is 1. The molecule has 0 spiro atoms. The molecule has 0 aliphatic carbocycles. The molecule has 5 heteroatoms. The lowest BCUT2D eigenvalue weighted by Crippen LogP contribution is -2.35. The zero-order valence-corrected chi connectivity index (χ0v) is 11.2. The molecule has 0 radical (unpaired) electrons. The van der Waals surface area contributed by atoms with E-state index in [0.29, 0.717) is 11.1 Å². The molecule has 0 unspecified atom stereocenters. The molecule has 0 saturated carbocycles. The van der Waals surface area contributed by atoms with Crippen LogP contribution in [0.2, 0.25) is 0 Å². The second kappa shape index (κ2) is 5.26. The van der Waals surface area contributed by atoms with Gasteiger partial charge < -0.3 is 10.6 Å². The summed E-state index contributed by atoms with van der Waals surface area (Å²) in [6.45, 7) is 0.512. The first kappa shape index (κ1) is 13.7. The number of nitrogens with two attached hydrogens (primary N) is 1. The predicted octanol–water partition coefficient (Wildman–Crippen LogP) is 2.51. The van der Waals surface area contributed by atoms with Crippen molar-refractivity contribution in [2.24, 2.45) is 5.73 Å². The quantitative estimate of drug-likeness (QED) is 0.923. The van der Waals surface area contributed by atoms with Crippen LogP contribution < -0.4 is 5.73 Å². The van der Waals surface area contributed by atoms with Crippen molar-refractivity contribution in [2.75, 3.05) is 0 Å². The highest BCUT2D eigenvalue weighted by Gasteiger charge is 2.28. The number of rotatable bonds is 2. The number of nitrogens with zero attached hydrogens (tertiary/aromatic N) is 1. The molecule has 21 heavy (non-hydrogen) atoms. The zero-order chi connectivity index (χ0) is 15.0. The van der Waals surface area contributed by atoms with Crippen LogP contribution in [-0.2, 0) is 17.9 Å². The van der Waals surface area contributed by atoms with E-state index in [0.717, 1.165) is 17.7 Å². The first-order valence-electron chi connectivity index (χ1n) is 6.62. The van der Waals surface area contributed by atoms with Crippen LogP contribution in [0.3, 0.4) is 0 Å². The van der Waals surface area contributed by atoms with Gasteiger partial charge in [0.25, 0.3) is 0 Å². The minimum Gasteiger partial charge on any atom is -0.332 e. The summed E-state index contributed by atoms with van der Waals surface area (Å²) in [6.07, 6.45) is 0. The highest BCUT2D eigenvalue weighted by atomic mass is 19.2. The van der Waals surface area contributed by atoms with Crippen LogP contribution in [-0.4, -0.2) is 10.8 Å². The van der Waals surface area contributed by atoms with Crippen molar-refractivity contribution in [3.63, 3.8) is 0 Å². The van der Waals surface area contributed by atoms with E-state index in [1.165, 1.54) is 4.90 Å². The Balaban J connectivity index is 1.79. The van der Waals surface area contributed by atoms with Gasteiger partial charge in [-0.3, -0.25) is 4.79 Å². The second-order valence-corrected chi connectivity index (χ2v) is 5.12. The van der Waals surface area contributed by atoms with Gasteiger partial charge in [-0.15, -0.1) is 0 Å². The minimum absolute atomic E-state index is 0.252. The van der Waals surface area contributed by atoms with Gasteiger partial charge in [0.1, 0.15) is 6.04 Å². The standard InChI is InChI=1S/C16H14F2N2O/c17-13-6-11-8-20(9-12(11)7-14(13)18)16(21)15(19)10-4-2-1-3-5-10/h1-7,15H,8-9,19H2/t15-/m0/s1. The van der Waals surface area contributed by atoms with Crippen molar-refractivity contribution in [1.29, 1.82) is 0 Å². The summed E-state index contributed by atoms with van der Waals surface area (Å²) in [7, 11) is 0. The van der Waals surface area contributed by atoms with Crippen molar-refractivity contribution < 1.29 is 13.6 Å². The maximum absolute atomic E-state index is 13.2. The van der Waals surface area contributed by atoms with Gasteiger partial charge in [0.2, 0.25) is 5.91 Å². The molecule has 1 aliphatic rings. The fourth-order valence-electron chi connectivity index (χ4n) is 2.55. The number of hydrogen-bond acceptors (Lipinski definition) is 2. The Morgan fingerprint density at radius 1 is 1.05 bits per heavy atom. The molecular formula is C16H14F2N2O. The first-order chi connectivity index (χ1) is 10.1. The summed E-state index contributed by atoms with van der Waals surface area (Å²) in [6, 6.07) is 10.6. The highest BCUT2D eigenvalue weighted by Crippen LogP contribution is 2.27. The van der Waals surface area contributed by atoms with Crippen molar-refractivity contribution in [2.45, 2.75) is 19.1 Å². The maximum Gasteiger partial charge on any atom is 0.244 e. The lowest BCUT2D eigenvalue weighted by atomic mass is 10.1. The molecule has 2 aromatic carbocycles. The average Bonchev–Trinajstić information content (AvgIpc) is 2.90. The van der Waals surface area contributed by atoms with E-state index in [4.69, 9.17) is 5.73 Å². The van der Waals surface area contributed by atoms with Gasteiger partial charge in [-0.2, -0.15) is 0 Å². The number of hydrogen-bond donors (Lipinski definition) is 1. The first-order valence-corrected chi connectivity index (χ1v) is 6.62. The van der Waals surface area contributed by atoms with Gasteiger partial charge in [-0.1, -0.05) is 30.3 Å². The number of carbonyl (C=O) groups is 1. The maximum atomic E-state index is 13.2. The van der Waals surface area contributed by atoms with E-state index in [9.17, 15) is 13.6 Å². The Labute approximate surface area is 121 Å². The van der Waals surface area contributed by atoms with Crippen LogP contribution in [0.25, 0.3) is 0 Å². The van der Waals surface area contributed by atoms with Crippen molar-refractivity contribution in [1.82, 2.24) is 4.90 Å². The fourth-order valence-corrected chi connectivity index (χ4v) is 2.55. The predicted molar refractivity (Wildman–Crippen MR) is 74.0 cm³/mol. The molecule has 108 valence electrons. The van der Waals surface area contributed by atoms with Gasteiger partial charge in [-0.25, -0.2) is 8.78 Å². The van der Waals surface area contributed by atoms with Crippen molar-refractivity contribution in [3.05, 3.63) is 70.8 Å². The Morgan fingerprint density at radius 2 is 1.57 bits per heavy atom. The number of halogens is 2. The summed E-state index contributed by atoms with van der Waals surface area (Å²) in [5, 5.41) is 0. The second-order valence-electron chi connectivity index (χ2n) is 5.12. The van der Waals surface area contributed by atoms with Gasteiger partial charge in [0, 0.05) is 13.1 Å². The molecule has 0 fully saturated rings. The Morgan fingerprint density at radius 3 is 2.10 bits per heavy atom. The summed E-state index contributed by atoms with van der Waals surface area (Å²) < 4.78 is 26.4. The Kier molecular flexibility index (Phi) is 3.43. The van der Waals surface area contributed by atoms with Crippen LogP contribution in [0.1, 0.15) is 22.7 Å². The molecule has 3 nitrogen and oxygen atoms in total. The van der Waals surface area contributed by atoms with Gasteiger partial charge in [0.05, 0.1) is 0 Å². The SMILES string of the molecule is N[C@H](C(=O)N1Cc2cc(F)c(F)cc2C1)c1ccccc1. The van der Waals surface area contributed by atoms with E-state index in [2.05, 4.69) is 0 Å². The van der Waals surface area contributed by atoms with E-state index < -0.39 is 17.7 Å². The average molecular weight is 288 g/mol. The minimum atomic E-state index is -0.893. The molecule has 0 aromatic heterocycles. The molecule has 1 aliphatic heterocycles. The van der Waals surface area contributed by atoms with E-state index >= 15 is 0 Å². The van der Waals surface area contributed by atoms with Gasteiger partial charge in [0.15, 0.2) is 11.6 Å². The zero-order valence-electron chi connectivity index (χ0n) is 11.2. The molecule has 2 N–H and O–H groups in total. The number of carbonyl (C=O) groups excluding carboxylic acids is 1. The van der Waals surface area contributed by atoms with E-state index in [-0.39, 0.29) is 19.0 Å². The van der Waals surface area contributed by atoms with Crippen molar-refractivity contribution in [3.8, 4) is 0 Å². The summed E-state index contributed by atoms with van der Waals surface area (Å²) in [5.74, 6) is -2.04. The monoisotopic (exact) mass is 288 g/mol. The Bertz CT molecular complexity index is 657. The lowest BCUT2D eigenvalue weighted by molar-refractivity contribution is -0.133. The topological polar surface area (TPSA) is 46.3 Å². The Hall–Kier alpha value is -2.27. The van der Waals surface area contributed by atoms with Gasteiger partial charge in [-0.05, 0) is 28.8 Å². The van der Waals surface area contributed by atoms with Crippen LogP contribution in [0.15, 0.2) is 42.5 Å². The summed E-state index contributed by atoms with van der Waals surface area (Å²) in [4.78, 5) is 13.9. The molecule has 1 atom stereocenters.